The Morgan fingerprint density at radius 2 is 1.93 bits per heavy atom. The van der Waals surface area contributed by atoms with E-state index >= 15 is 0 Å². The van der Waals surface area contributed by atoms with Crippen molar-refractivity contribution in [3.8, 4) is 17.6 Å². The Morgan fingerprint density at radius 3 is 2.61 bits per heavy atom. The predicted molar refractivity (Wildman–Crippen MR) is 103 cm³/mol. The van der Waals surface area contributed by atoms with E-state index in [-0.39, 0.29) is 5.75 Å². The monoisotopic (exact) mass is 400 g/mol. The summed E-state index contributed by atoms with van der Waals surface area (Å²) in [7, 11) is -0.976. The molecule has 2 aromatic carbocycles. The molecule has 3 rings (SSSR count). The maximum absolute atomic E-state index is 12.7. The molecular weight excluding hydrogens is 384 g/mol. The zero-order valence-corrected chi connectivity index (χ0v) is 15.9. The summed E-state index contributed by atoms with van der Waals surface area (Å²) in [6.07, 6.45) is 1.25. The van der Waals surface area contributed by atoms with Crippen LogP contribution in [0.2, 0.25) is 0 Å². The van der Waals surface area contributed by atoms with Crippen LogP contribution in [0, 0.1) is 11.3 Å². The molecule has 9 heteroatoms. The molecule has 1 N–H and O–H groups in total. The van der Waals surface area contributed by atoms with Crippen LogP contribution in [0.3, 0.4) is 0 Å². The van der Waals surface area contributed by atoms with Crippen LogP contribution in [0.4, 0.5) is 0 Å². The van der Waals surface area contributed by atoms with E-state index in [9.17, 15) is 18.5 Å². The van der Waals surface area contributed by atoms with Gasteiger partial charge in [-0.2, -0.15) is 5.26 Å². The summed E-state index contributed by atoms with van der Waals surface area (Å²) in [5, 5.41) is 9.38. The number of ether oxygens (including phenoxy) is 2. The minimum absolute atomic E-state index is 0.342. The number of fused-ring (bicyclic) bond motifs is 1. The molecule has 0 aliphatic carbocycles. The van der Waals surface area contributed by atoms with E-state index in [4.69, 9.17) is 13.9 Å². The first-order valence-electron chi connectivity index (χ1n) is 8.04. The van der Waals surface area contributed by atoms with Crippen molar-refractivity contribution in [3.63, 3.8) is 0 Å². The number of nitrogens with zero attached hydrogens (tertiary/aromatic N) is 1. The highest BCUT2D eigenvalue weighted by Gasteiger charge is 2.20. The summed E-state index contributed by atoms with van der Waals surface area (Å²) >= 11 is 0. The number of hydrogen-bond acceptors (Lipinski definition) is 7. The molecule has 28 heavy (non-hydrogen) atoms. The number of aromatic amines is 1. The number of aromatic nitrogens is 1. The highest BCUT2D eigenvalue weighted by molar-refractivity contribution is 7.95. The van der Waals surface area contributed by atoms with Gasteiger partial charge in [0.25, 0.3) is 0 Å². The van der Waals surface area contributed by atoms with Crippen molar-refractivity contribution >= 4 is 27.0 Å². The molecule has 0 bridgehead atoms. The topological polar surface area (TPSA) is 122 Å². The van der Waals surface area contributed by atoms with E-state index in [1.54, 1.807) is 30.3 Å². The van der Waals surface area contributed by atoms with Gasteiger partial charge in [-0.3, -0.25) is 4.98 Å². The fourth-order valence-corrected chi connectivity index (χ4v) is 3.90. The summed E-state index contributed by atoms with van der Waals surface area (Å²) in [5.74, 6) is -0.121. The van der Waals surface area contributed by atoms with Crippen molar-refractivity contribution < 1.29 is 22.3 Å². The number of H-pyrrole nitrogens is 1. The number of nitriles is 1. The predicted octanol–water partition coefficient (Wildman–Crippen LogP) is 2.62. The van der Waals surface area contributed by atoms with E-state index in [0.29, 0.717) is 33.7 Å². The highest BCUT2D eigenvalue weighted by Crippen LogP contribution is 2.29. The lowest BCUT2D eigenvalue weighted by Crippen LogP contribution is -2.07. The Hall–Kier alpha value is -3.51. The molecular formula is C19H16N2O6S. The molecule has 8 nitrogen and oxygen atoms in total. The van der Waals surface area contributed by atoms with Crippen molar-refractivity contribution in [1.29, 1.82) is 5.26 Å². The van der Waals surface area contributed by atoms with Crippen LogP contribution in [0.15, 0.2) is 50.5 Å². The Labute approximate surface area is 160 Å². The number of allylic oxidation sites excluding steroid dienone is 1. The average molecular weight is 400 g/mol. The second-order valence-electron chi connectivity index (χ2n) is 5.84. The van der Waals surface area contributed by atoms with E-state index in [1.165, 1.54) is 32.4 Å². The lowest BCUT2D eigenvalue weighted by Gasteiger charge is -2.10. The maximum atomic E-state index is 12.7. The van der Waals surface area contributed by atoms with Gasteiger partial charge in [0.05, 0.1) is 25.5 Å². The second-order valence-corrected chi connectivity index (χ2v) is 7.80. The molecule has 1 aromatic heterocycles. The first kappa shape index (κ1) is 19.3. The van der Waals surface area contributed by atoms with Crippen molar-refractivity contribution in [1.82, 2.24) is 4.98 Å². The largest absolute Gasteiger partial charge is 0.493 e. The van der Waals surface area contributed by atoms with Gasteiger partial charge in [-0.05, 0) is 41.5 Å². The standard InChI is InChI=1S/C19H16N2O6S/c1-25-17-6-4-13(9-18(17)26-2)11-28(23,24)14(10-20)7-12-3-5-16-15(8-12)21-19(22)27-16/h3-9H,11H2,1-2H3,(H,21,22). The summed E-state index contributed by atoms with van der Waals surface area (Å²) in [6, 6.07) is 11.1. The molecule has 0 spiro atoms. The highest BCUT2D eigenvalue weighted by atomic mass is 32.2. The zero-order valence-electron chi connectivity index (χ0n) is 15.1. The summed E-state index contributed by atoms with van der Waals surface area (Å²) in [5.41, 5.74) is 1.65. The number of benzene rings is 2. The average Bonchev–Trinajstić information content (AvgIpc) is 3.04. The van der Waals surface area contributed by atoms with Crippen LogP contribution in [0.1, 0.15) is 11.1 Å². The number of nitrogens with one attached hydrogen (secondary N) is 1. The number of methoxy groups -OCH3 is 2. The maximum Gasteiger partial charge on any atom is 0.417 e. The number of hydrogen-bond donors (Lipinski definition) is 1. The summed E-state index contributed by atoms with van der Waals surface area (Å²) in [6.45, 7) is 0. The molecule has 3 aromatic rings. The van der Waals surface area contributed by atoms with Crippen LogP contribution in [0.5, 0.6) is 11.5 Å². The number of sulfone groups is 1. The van der Waals surface area contributed by atoms with Gasteiger partial charge >= 0.3 is 5.76 Å². The molecule has 144 valence electrons. The Kier molecular flexibility index (Phi) is 5.24. The van der Waals surface area contributed by atoms with Gasteiger partial charge in [-0.1, -0.05) is 12.1 Å². The molecule has 0 saturated heterocycles. The van der Waals surface area contributed by atoms with Crippen LogP contribution in [-0.2, 0) is 15.6 Å². The first-order chi connectivity index (χ1) is 13.4. The Bertz CT molecular complexity index is 1260. The van der Waals surface area contributed by atoms with Crippen LogP contribution < -0.4 is 15.2 Å². The molecule has 0 saturated carbocycles. The lowest BCUT2D eigenvalue weighted by atomic mass is 10.2. The Balaban J connectivity index is 1.94. The lowest BCUT2D eigenvalue weighted by molar-refractivity contribution is 0.354. The molecule has 0 fully saturated rings. The van der Waals surface area contributed by atoms with E-state index < -0.39 is 20.5 Å². The van der Waals surface area contributed by atoms with Crippen LogP contribution in [-0.4, -0.2) is 27.6 Å². The van der Waals surface area contributed by atoms with Crippen molar-refractivity contribution in [3.05, 3.63) is 63.0 Å². The van der Waals surface area contributed by atoms with Crippen molar-refractivity contribution in [2.75, 3.05) is 14.2 Å². The molecule has 0 atom stereocenters. The molecule has 0 unspecified atom stereocenters. The minimum Gasteiger partial charge on any atom is -0.493 e. The number of rotatable bonds is 6. The second kappa shape index (κ2) is 7.62. The molecule has 0 aliphatic heterocycles. The van der Waals surface area contributed by atoms with Gasteiger partial charge < -0.3 is 13.9 Å². The van der Waals surface area contributed by atoms with Gasteiger partial charge in [0, 0.05) is 0 Å². The third-order valence-corrected chi connectivity index (χ3v) is 5.58. The normalized spacial score (nSPS) is 12.0. The summed E-state index contributed by atoms with van der Waals surface area (Å²) in [4.78, 5) is 13.3. The van der Waals surface area contributed by atoms with Gasteiger partial charge in [0.15, 0.2) is 26.9 Å². The van der Waals surface area contributed by atoms with Gasteiger partial charge in [0.1, 0.15) is 11.0 Å². The third-order valence-electron chi connectivity index (χ3n) is 3.99. The molecule has 1 heterocycles. The zero-order chi connectivity index (χ0) is 20.3. The van der Waals surface area contributed by atoms with E-state index in [2.05, 4.69) is 4.98 Å². The summed E-state index contributed by atoms with van der Waals surface area (Å²) < 4.78 is 40.7. The van der Waals surface area contributed by atoms with E-state index in [0.717, 1.165) is 0 Å². The van der Waals surface area contributed by atoms with Gasteiger partial charge in [0.2, 0.25) is 0 Å². The fraction of sp³-hybridized carbons (Fsp3) is 0.158. The number of oxazole rings is 1. The van der Waals surface area contributed by atoms with Crippen LogP contribution in [0.25, 0.3) is 17.2 Å². The van der Waals surface area contributed by atoms with Gasteiger partial charge in [-0.25, -0.2) is 13.2 Å². The molecule has 0 radical (unpaired) electrons. The van der Waals surface area contributed by atoms with Gasteiger partial charge in [-0.15, -0.1) is 0 Å². The fourth-order valence-electron chi connectivity index (χ4n) is 2.67. The Morgan fingerprint density at radius 1 is 1.18 bits per heavy atom. The SMILES string of the molecule is COc1ccc(CS(=O)(=O)C(C#N)=Cc2ccc3oc(=O)[nH]c3c2)cc1OC. The smallest absolute Gasteiger partial charge is 0.417 e. The van der Waals surface area contributed by atoms with Crippen molar-refractivity contribution in [2.45, 2.75) is 5.75 Å². The minimum atomic E-state index is -3.91. The van der Waals surface area contributed by atoms with Crippen LogP contribution >= 0.6 is 0 Å². The molecule has 0 aliphatic rings. The first-order valence-corrected chi connectivity index (χ1v) is 9.70. The molecule has 0 amide bonds. The quantitative estimate of drug-likeness (QED) is 0.631. The van der Waals surface area contributed by atoms with Crippen molar-refractivity contribution in [2.24, 2.45) is 0 Å². The van der Waals surface area contributed by atoms with E-state index in [1.807, 2.05) is 0 Å². The third kappa shape index (κ3) is 3.92.